The molecule has 112 valence electrons. The lowest BCUT2D eigenvalue weighted by Gasteiger charge is -2.22. The lowest BCUT2D eigenvalue weighted by Crippen LogP contribution is -2.39. The molecular weight excluding hydrogens is 286 g/mol. The molecule has 0 bridgehead atoms. The van der Waals surface area contributed by atoms with Crippen LogP contribution in [0.15, 0.2) is 18.2 Å². The van der Waals surface area contributed by atoms with Gasteiger partial charge in [-0.25, -0.2) is 4.79 Å². The van der Waals surface area contributed by atoms with E-state index < -0.39 is 0 Å². The number of carbonyl (C=O) groups excluding carboxylic acids is 1. The molecule has 0 atom stereocenters. The third-order valence-electron chi connectivity index (χ3n) is 3.49. The largest absolute Gasteiger partial charge is 0.335 e. The topological polar surface area (TPSA) is 67.1 Å². The maximum Gasteiger partial charge on any atom is 0.319 e. The molecule has 0 aliphatic heterocycles. The number of hydrogen-bond acceptors (Lipinski definition) is 2. The minimum Gasteiger partial charge on any atom is -0.335 e. The first-order chi connectivity index (χ1) is 10.2. The summed E-state index contributed by atoms with van der Waals surface area (Å²) in [6.45, 7) is 0.274. The predicted molar refractivity (Wildman–Crippen MR) is 86.4 cm³/mol. The molecule has 5 heteroatoms. The molecule has 1 fully saturated rings. The van der Waals surface area contributed by atoms with Crippen LogP contribution in [0.25, 0.3) is 0 Å². The number of urea groups is 1. The predicted octanol–water partition coefficient (Wildman–Crippen LogP) is 3.10. The van der Waals surface area contributed by atoms with E-state index in [4.69, 9.17) is 17.3 Å². The summed E-state index contributed by atoms with van der Waals surface area (Å²) in [5.41, 5.74) is 6.69. The van der Waals surface area contributed by atoms with E-state index in [1.54, 1.807) is 18.2 Å². The van der Waals surface area contributed by atoms with Gasteiger partial charge in [0.15, 0.2) is 0 Å². The molecule has 1 aliphatic carbocycles. The summed E-state index contributed by atoms with van der Waals surface area (Å²) in [7, 11) is 0. The number of rotatable bonds is 2. The summed E-state index contributed by atoms with van der Waals surface area (Å²) in [6.07, 6.45) is 5.75. The van der Waals surface area contributed by atoms with E-state index in [0.717, 1.165) is 12.8 Å². The van der Waals surface area contributed by atoms with Gasteiger partial charge in [0.1, 0.15) is 0 Å². The molecule has 0 aromatic heterocycles. The van der Waals surface area contributed by atoms with Crippen molar-refractivity contribution in [1.82, 2.24) is 5.32 Å². The van der Waals surface area contributed by atoms with Crippen molar-refractivity contribution < 1.29 is 4.79 Å². The summed E-state index contributed by atoms with van der Waals surface area (Å²) in [6, 6.07) is 5.34. The number of hydrogen-bond donors (Lipinski definition) is 3. The summed E-state index contributed by atoms with van der Waals surface area (Å²) < 4.78 is 0. The van der Waals surface area contributed by atoms with Crippen molar-refractivity contribution in [1.29, 1.82) is 0 Å². The van der Waals surface area contributed by atoms with Gasteiger partial charge >= 0.3 is 6.03 Å². The van der Waals surface area contributed by atoms with Crippen LogP contribution in [-0.4, -0.2) is 18.6 Å². The molecule has 1 aliphatic rings. The highest BCUT2D eigenvalue weighted by Crippen LogP contribution is 2.20. The molecule has 1 saturated carbocycles. The zero-order chi connectivity index (χ0) is 15.1. The van der Waals surface area contributed by atoms with E-state index in [-0.39, 0.29) is 18.6 Å². The monoisotopic (exact) mass is 305 g/mol. The number of benzene rings is 1. The smallest absolute Gasteiger partial charge is 0.319 e. The normalized spacial score (nSPS) is 15.0. The van der Waals surface area contributed by atoms with E-state index in [1.165, 1.54) is 19.3 Å². The zero-order valence-corrected chi connectivity index (χ0v) is 12.7. The van der Waals surface area contributed by atoms with Gasteiger partial charge in [-0.15, -0.1) is 0 Å². The van der Waals surface area contributed by atoms with Crippen LogP contribution in [0, 0.1) is 11.8 Å². The molecule has 0 saturated heterocycles. The average Bonchev–Trinajstić information content (AvgIpc) is 2.48. The second-order valence-corrected chi connectivity index (χ2v) is 5.54. The Morgan fingerprint density at radius 2 is 2.10 bits per heavy atom. The van der Waals surface area contributed by atoms with Gasteiger partial charge in [-0.1, -0.05) is 42.7 Å². The van der Waals surface area contributed by atoms with Crippen LogP contribution >= 0.6 is 11.6 Å². The first kappa shape index (κ1) is 15.7. The van der Waals surface area contributed by atoms with Gasteiger partial charge in [-0.05, 0) is 31.0 Å². The molecule has 21 heavy (non-hydrogen) atoms. The van der Waals surface area contributed by atoms with Crippen LogP contribution in [0.4, 0.5) is 10.5 Å². The van der Waals surface area contributed by atoms with Crippen LogP contribution in [-0.2, 0) is 0 Å². The molecule has 2 rings (SSSR count). The van der Waals surface area contributed by atoms with Crippen molar-refractivity contribution in [2.45, 2.75) is 38.1 Å². The van der Waals surface area contributed by atoms with Crippen LogP contribution in [0.2, 0.25) is 5.02 Å². The zero-order valence-electron chi connectivity index (χ0n) is 11.9. The van der Waals surface area contributed by atoms with Crippen molar-refractivity contribution in [2.75, 3.05) is 11.9 Å². The number of carbonyl (C=O) groups is 1. The highest BCUT2D eigenvalue weighted by atomic mass is 35.5. The first-order valence-electron chi connectivity index (χ1n) is 7.25. The highest BCUT2D eigenvalue weighted by Gasteiger charge is 2.15. The lowest BCUT2D eigenvalue weighted by atomic mass is 9.96. The third-order valence-corrected chi connectivity index (χ3v) is 3.82. The molecule has 4 nitrogen and oxygen atoms in total. The molecule has 0 spiro atoms. The maximum atomic E-state index is 12.0. The summed E-state index contributed by atoms with van der Waals surface area (Å²) in [5.74, 6) is 5.65. The van der Waals surface area contributed by atoms with Gasteiger partial charge in [0.05, 0.1) is 11.6 Å². The van der Waals surface area contributed by atoms with Crippen molar-refractivity contribution in [2.24, 2.45) is 5.73 Å². The number of nitrogens with two attached hydrogens (primary N) is 1. The Morgan fingerprint density at radius 1 is 1.33 bits per heavy atom. The van der Waals surface area contributed by atoms with E-state index in [9.17, 15) is 4.79 Å². The van der Waals surface area contributed by atoms with E-state index in [2.05, 4.69) is 22.5 Å². The highest BCUT2D eigenvalue weighted by molar-refractivity contribution is 6.31. The number of anilines is 1. The van der Waals surface area contributed by atoms with Gasteiger partial charge in [0.25, 0.3) is 0 Å². The Labute approximate surface area is 130 Å². The van der Waals surface area contributed by atoms with Crippen LogP contribution in [0.5, 0.6) is 0 Å². The Morgan fingerprint density at radius 3 is 2.81 bits per heavy atom. The van der Waals surface area contributed by atoms with Gasteiger partial charge in [-0.2, -0.15) is 0 Å². The second kappa shape index (κ2) is 7.92. The molecular formula is C16H20ClN3O. The van der Waals surface area contributed by atoms with Crippen molar-refractivity contribution in [3.63, 3.8) is 0 Å². The van der Waals surface area contributed by atoms with Gasteiger partial charge in [-0.3, -0.25) is 0 Å². The quantitative estimate of drug-likeness (QED) is 0.735. The Hall–Kier alpha value is -1.70. The Kier molecular flexibility index (Phi) is 5.91. The van der Waals surface area contributed by atoms with Crippen LogP contribution < -0.4 is 16.4 Å². The van der Waals surface area contributed by atoms with Gasteiger partial charge in [0, 0.05) is 17.3 Å². The molecule has 1 aromatic carbocycles. The molecule has 0 heterocycles. The average molecular weight is 306 g/mol. The number of amides is 2. The minimum atomic E-state index is -0.179. The van der Waals surface area contributed by atoms with Gasteiger partial charge < -0.3 is 16.4 Å². The molecule has 4 N–H and O–H groups in total. The van der Waals surface area contributed by atoms with Crippen LogP contribution in [0.3, 0.4) is 0 Å². The fourth-order valence-corrected chi connectivity index (χ4v) is 2.61. The number of halogens is 1. The van der Waals surface area contributed by atoms with Crippen molar-refractivity contribution in [3.05, 3.63) is 28.8 Å². The second-order valence-electron chi connectivity index (χ2n) is 5.13. The molecule has 0 unspecified atom stereocenters. The minimum absolute atomic E-state index is 0.179. The van der Waals surface area contributed by atoms with E-state index in [0.29, 0.717) is 16.3 Å². The Balaban J connectivity index is 1.96. The summed E-state index contributed by atoms with van der Waals surface area (Å²) in [4.78, 5) is 12.0. The fourth-order valence-electron chi connectivity index (χ4n) is 2.44. The fraction of sp³-hybridized carbons (Fsp3) is 0.438. The maximum absolute atomic E-state index is 12.0. The lowest BCUT2D eigenvalue weighted by molar-refractivity contribution is 0.244. The third kappa shape index (κ3) is 4.96. The molecule has 0 radical (unpaired) electrons. The van der Waals surface area contributed by atoms with Crippen molar-refractivity contribution in [3.8, 4) is 11.8 Å². The van der Waals surface area contributed by atoms with E-state index in [1.807, 2.05) is 0 Å². The standard InChI is InChI=1S/C16H20ClN3O/c17-15-9-8-14(11-12(15)5-4-10-18)20-16(21)19-13-6-2-1-3-7-13/h8-9,11,13H,1-3,6-7,10,18H2,(H2,19,20,21). The van der Waals surface area contributed by atoms with Gasteiger partial charge in [0.2, 0.25) is 0 Å². The number of nitrogens with one attached hydrogen (secondary N) is 2. The SMILES string of the molecule is NCC#Cc1cc(NC(=O)NC2CCCCC2)ccc1Cl. The summed E-state index contributed by atoms with van der Waals surface area (Å²) in [5, 5.41) is 6.38. The molecule has 2 amide bonds. The van der Waals surface area contributed by atoms with Crippen LogP contribution in [0.1, 0.15) is 37.7 Å². The van der Waals surface area contributed by atoms with E-state index >= 15 is 0 Å². The summed E-state index contributed by atoms with van der Waals surface area (Å²) >= 11 is 6.05. The first-order valence-corrected chi connectivity index (χ1v) is 7.63. The Bertz CT molecular complexity index is 556. The van der Waals surface area contributed by atoms with Crippen molar-refractivity contribution >= 4 is 23.3 Å². The molecule has 1 aromatic rings.